The molecule has 14 rings (SSSR count). The fraction of sp³-hybridized carbons (Fsp3) is 0.250. The molecule has 0 aliphatic carbocycles. The summed E-state index contributed by atoms with van der Waals surface area (Å²) in [6, 6.07) is 36.2. The van der Waals surface area contributed by atoms with E-state index >= 15 is 0 Å². The summed E-state index contributed by atoms with van der Waals surface area (Å²) in [6.45, 7) is 12.2. The number of hydrogen-bond acceptors (Lipinski definition) is 16. The molecule has 10 heterocycles. The van der Waals surface area contributed by atoms with Crippen molar-refractivity contribution >= 4 is 56.3 Å². The smallest absolute Gasteiger partial charge is 0.264 e. The third-order valence-electron chi connectivity index (χ3n) is 17.8. The maximum atomic E-state index is 14.9. The summed E-state index contributed by atoms with van der Waals surface area (Å²) in [5.74, 6) is 12.1. The van der Waals surface area contributed by atoms with Gasteiger partial charge in [0.05, 0.1) is 78.4 Å². The fourth-order valence-electron chi connectivity index (χ4n) is 12.8. The van der Waals surface area contributed by atoms with Gasteiger partial charge in [-0.25, -0.2) is 19.0 Å². The zero-order valence-electron chi connectivity index (χ0n) is 53.0. The van der Waals surface area contributed by atoms with Gasteiger partial charge in [-0.3, -0.25) is 42.6 Å². The summed E-state index contributed by atoms with van der Waals surface area (Å²) in [6.07, 6.45) is 14.1. The highest BCUT2D eigenvalue weighted by Crippen LogP contribution is 2.28. The average Bonchev–Trinajstić information content (AvgIpc) is 1.02. The van der Waals surface area contributed by atoms with Crippen molar-refractivity contribution in [2.24, 2.45) is 0 Å². The number of nitrogens with zero attached hydrogens (tertiary/aromatic N) is 14. The Hall–Kier alpha value is -11.5. The number of para-hydroxylation sites is 2. The standard InChI is InChI=1S/C72H69N19O5/c1-47(80-69(92)63-65(73)82-88-29-11-27-75-67(63)88)59-40-53-14-9-12-51(61(53)71(94)89(59)56-16-5-3-6-17-56)22-20-49-42-78-86(45-49)34-32-84-30-25-55(26-31-84)77-44-58-24-28-76-68-64(66(74)83-91(58)68)70(93)81-48(2)60-41-54-15-10-13-52(62(54)72(95)90(60)57-18-7-4-8-19-57)23-21-50-43-79-87(46-50)35-33-85-36-38-96-39-37-85/h3-19,24,27-29,40-43,45-48,55,77H,25-26,30-39,44H2,1-2H3,(H2,73,82)(H2,74,83)(H,80,92)(H,81,93). The summed E-state index contributed by atoms with van der Waals surface area (Å²) in [7, 11) is 0. The van der Waals surface area contributed by atoms with E-state index in [4.69, 9.17) is 16.2 Å². The van der Waals surface area contributed by atoms with Gasteiger partial charge in [-0.2, -0.15) is 10.2 Å². The first kappa shape index (κ1) is 61.9. The van der Waals surface area contributed by atoms with Crippen LogP contribution in [-0.2, 0) is 24.4 Å². The summed E-state index contributed by atoms with van der Waals surface area (Å²) >= 11 is 0. The van der Waals surface area contributed by atoms with Crippen LogP contribution in [-0.4, -0.2) is 138 Å². The number of morpholine rings is 1. The molecule has 96 heavy (non-hydrogen) atoms. The van der Waals surface area contributed by atoms with Gasteiger partial charge in [0.1, 0.15) is 11.1 Å². The fourth-order valence-corrected chi connectivity index (χ4v) is 12.8. The SMILES string of the molecule is CC(NC(=O)c1c(N)nn2cccnc12)c1cc2cccc(C#Cc3cnn(CCN4CCC(NCc5ccnc6c(C(=O)NC(C)c7cc8cccc(C#Cc9cnn(CCN%10CCOCC%10)c9)c8c(=O)n7-c7ccccc7)c(N)nn56)CC4)c3)c2c(=O)n1-c1ccccc1. The first-order valence-electron chi connectivity index (χ1n) is 32.0. The van der Waals surface area contributed by atoms with Crippen molar-refractivity contribution in [3.63, 3.8) is 0 Å². The molecule has 0 saturated carbocycles. The maximum Gasteiger partial charge on any atom is 0.264 e. The topological polar surface area (TPSA) is 278 Å². The Kier molecular flexibility index (Phi) is 17.5. The number of carbonyl (C=O) groups is 2. The second kappa shape index (κ2) is 27.2. The van der Waals surface area contributed by atoms with Crippen molar-refractivity contribution in [3.8, 4) is 35.1 Å². The second-order valence-electron chi connectivity index (χ2n) is 24.0. The van der Waals surface area contributed by atoms with E-state index in [-0.39, 0.29) is 39.9 Å². The molecule has 0 spiro atoms. The summed E-state index contributed by atoms with van der Waals surface area (Å²) < 4.78 is 15.6. The van der Waals surface area contributed by atoms with Crippen LogP contribution in [0.5, 0.6) is 0 Å². The molecule has 2 aliphatic heterocycles. The second-order valence-corrected chi connectivity index (χ2v) is 24.0. The predicted molar refractivity (Wildman–Crippen MR) is 366 cm³/mol. The number of nitrogen functional groups attached to an aromatic ring is 2. The molecular weight excluding hydrogens is 1210 g/mol. The summed E-state index contributed by atoms with van der Waals surface area (Å²) in [4.78, 5) is 71.5. The van der Waals surface area contributed by atoms with E-state index in [9.17, 15) is 19.2 Å². The van der Waals surface area contributed by atoms with Gasteiger partial charge in [0.25, 0.3) is 22.9 Å². The molecule has 0 radical (unpaired) electrons. The number of nitrogens with two attached hydrogens (primary N) is 2. The number of likely N-dealkylation sites (tertiary alicyclic amines) is 1. The largest absolute Gasteiger partial charge is 0.381 e. The highest BCUT2D eigenvalue weighted by Gasteiger charge is 2.28. The van der Waals surface area contributed by atoms with Crippen molar-refractivity contribution in [1.29, 1.82) is 0 Å². The molecule has 2 atom stereocenters. The summed E-state index contributed by atoms with van der Waals surface area (Å²) in [5, 5.41) is 30.2. The van der Waals surface area contributed by atoms with Gasteiger partial charge in [-0.05, 0) is 111 Å². The minimum absolute atomic E-state index is 0.0331. The Labute approximate surface area is 551 Å². The van der Waals surface area contributed by atoms with Crippen LogP contribution < -0.4 is 38.5 Å². The van der Waals surface area contributed by atoms with Crippen LogP contribution in [0.15, 0.2) is 174 Å². The first-order valence-corrected chi connectivity index (χ1v) is 32.0. The zero-order valence-corrected chi connectivity index (χ0v) is 53.0. The average molecular weight is 1280 g/mol. The molecule has 2 aliphatic rings. The first-order chi connectivity index (χ1) is 46.9. The minimum Gasteiger partial charge on any atom is -0.381 e. The highest BCUT2D eigenvalue weighted by molar-refractivity contribution is 6.05. The number of carbonyl (C=O) groups excluding carboxylic acids is 2. The van der Waals surface area contributed by atoms with E-state index in [0.717, 1.165) is 83.1 Å². The third kappa shape index (κ3) is 12.8. The molecule has 2 fully saturated rings. The van der Waals surface area contributed by atoms with Crippen LogP contribution in [0.2, 0.25) is 0 Å². The van der Waals surface area contributed by atoms with Crippen LogP contribution >= 0.6 is 0 Å². The van der Waals surface area contributed by atoms with Crippen molar-refractivity contribution in [3.05, 3.63) is 236 Å². The minimum atomic E-state index is -0.672. The molecular formula is C72H69N19O5. The van der Waals surface area contributed by atoms with Crippen molar-refractivity contribution < 1.29 is 14.3 Å². The Morgan fingerprint density at radius 2 is 1.11 bits per heavy atom. The molecule has 0 bridgehead atoms. The highest BCUT2D eigenvalue weighted by atomic mass is 16.5. The van der Waals surface area contributed by atoms with Gasteiger partial charge in [0.2, 0.25) is 0 Å². The van der Waals surface area contributed by atoms with Crippen LogP contribution in [0, 0.1) is 23.7 Å². The lowest BCUT2D eigenvalue weighted by atomic mass is 10.0. The van der Waals surface area contributed by atoms with Gasteiger partial charge in [-0.1, -0.05) is 84.3 Å². The number of hydrogen-bond donors (Lipinski definition) is 5. The number of aromatic nitrogens is 12. The van der Waals surface area contributed by atoms with Crippen LogP contribution in [0.3, 0.4) is 0 Å². The molecule has 2 amide bonds. The Bertz CT molecular complexity index is 5170. The molecule has 24 heteroatoms. The predicted octanol–water partition coefficient (Wildman–Crippen LogP) is 6.31. The lowest BCUT2D eigenvalue weighted by molar-refractivity contribution is 0.0359. The van der Waals surface area contributed by atoms with Crippen molar-refractivity contribution in [2.45, 2.75) is 64.4 Å². The van der Waals surface area contributed by atoms with Crippen LogP contribution in [0.1, 0.15) is 98.8 Å². The van der Waals surface area contributed by atoms with Gasteiger partial charge in [0, 0.05) is 104 Å². The number of fused-ring (bicyclic) bond motifs is 4. The Morgan fingerprint density at radius 1 is 0.594 bits per heavy atom. The number of piperidine rings is 1. The Morgan fingerprint density at radius 3 is 1.68 bits per heavy atom. The van der Waals surface area contributed by atoms with Crippen LogP contribution in [0.25, 0.3) is 44.2 Å². The lowest BCUT2D eigenvalue weighted by Gasteiger charge is -2.32. The van der Waals surface area contributed by atoms with Gasteiger partial charge in [-0.15, -0.1) is 10.2 Å². The quantitative estimate of drug-likeness (QED) is 0.0625. The molecule has 482 valence electrons. The molecule has 7 N–H and O–H groups in total. The molecule has 2 saturated heterocycles. The third-order valence-corrected chi connectivity index (χ3v) is 17.8. The van der Waals surface area contributed by atoms with Crippen molar-refractivity contribution in [1.82, 2.24) is 83.6 Å². The monoisotopic (exact) mass is 1280 g/mol. The zero-order chi connectivity index (χ0) is 65.8. The van der Waals surface area contributed by atoms with E-state index < -0.39 is 23.9 Å². The van der Waals surface area contributed by atoms with Crippen LogP contribution in [0.4, 0.5) is 11.6 Å². The number of ether oxygens (including phenoxy) is 1. The number of anilines is 2. The molecule has 24 nitrogen and oxygen atoms in total. The lowest BCUT2D eigenvalue weighted by Crippen LogP contribution is -2.43. The molecule has 2 unspecified atom stereocenters. The van der Waals surface area contributed by atoms with Gasteiger partial charge >= 0.3 is 0 Å². The normalized spacial score (nSPS) is 14.5. The van der Waals surface area contributed by atoms with Gasteiger partial charge < -0.3 is 37.1 Å². The van der Waals surface area contributed by atoms with E-state index in [1.807, 2.05) is 151 Å². The number of amides is 2. The van der Waals surface area contributed by atoms with E-state index in [0.29, 0.717) is 85.4 Å². The van der Waals surface area contributed by atoms with E-state index in [1.165, 1.54) is 4.52 Å². The molecule has 12 aromatic rings. The summed E-state index contributed by atoms with van der Waals surface area (Å²) in [5.41, 5.74) is 18.9. The van der Waals surface area contributed by atoms with Gasteiger partial charge in [0.15, 0.2) is 22.9 Å². The van der Waals surface area contributed by atoms with E-state index in [1.54, 1.807) is 50.7 Å². The number of pyridine rings is 2. The number of nitrogens with one attached hydrogen (secondary N) is 3. The maximum absolute atomic E-state index is 14.9. The van der Waals surface area contributed by atoms with E-state index in [2.05, 4.69) is 79.8 Å². The molecule has 4 aromatic carbocycles. The number of benzene rings is 4. The number of rotatable bonds is 17. The van der Waals surface area contributed by atoms with Crippen molar-refractivity contribution in [2.75, 3.05) is 63.9 Å². The Balaban J connectivity index is 0.603. The molecule has 8 aromatic heterocycles.